The van der Waals surface area contributed by atoms with Crippen molar-refractivity contribution >= 4 is 22.7 Å². The molecule has 4 N–H and O–H groups in total. The van der Waals surface area contributed by atoms with Gasteiger partial charge in [0.15, 0.2) is 0 Å². The Kier molecular flexibility index (Phi) is 6.36. The predicted molar refractivity (Wildman–Crippen MR) is 44.5 cm³/mol. The second-order valence-electron chi connectivity index (χ2n) is 1.84. The van der Waals surface area contributed by atoms with E-state index in [2.05, 4.69) is 12.6 Å². The van der Waals surface area contributed by atoms with Gasteiger partial charge in [0.1, 0.15) is 0 Å². The molecular weight excluding hydrogens is 174 g/mol. The van der Waals surface area contributed by atoms with Gasteiger partial charge in [0.25, 0.3) is 10.1 Å². The third kappa shape index (κ3) is 5.04. The van der Waals surface area contributed by atoms with Crippen LogP contribution in [0.2, 0.25) is 0 Å². The fraction of sp³-hybridized carbons (Fsp3) is 1.00. The van der Waals surface area contributed by atoms with Crippen molar-refractivity contribution in [1.29, 1.82) is 0 Å². The van der Waals surface area contributed by atoms with E-state index in [-0.39, 0.29) is 6.15 Å². The lowest BCUT2D eigenvalue weighted by atomic mass is 10.4. The zero-order chi connectivity index (χ0) is 7.49. The summed E-state index contributed by atoms with van der Waals surface area (Å²) < 4.78 is 28.8. The second-order valence-corrected chi connectivity index (χ2v) is 4.12. The molecule has 0 saturated carbocycles. The van der Waals surface area contributed by atoms with Gasteiger partial charge < -0.3 is 6.15 Å². The molecule has 0 rings (SSSR count). The number of hydrogen-bond acceptors (Lipinski definition) is 4. The van der Waals surface area contributed by atoms with Crippen molar-refractivity contribution in [3.8, 4) is 0 Å². The summed E-state index contributed by atoms with van der Waals surface area (Å²) in [5.74, 6) is 0.473. The lowest BCUT2D eigenvalue weighted by Gasteiger charge is -2.03. The van der Waals surface area contributed by atoms with Crippen molar-refractivity contribution in [3.05, 3.63) is 0 Å². The molecule has 0 aromatic rings. The van der Waals surface area contributed by atoms with Gasteiger partial charge in [-0.3, -0.25) is 4.55 Å². The van der Waals surface area contributed by atoms with Gasteiger partial charge in [-0.25, -0.2) is 0 Å². The fourth-order valence-corrected chi connectivity index (χ4v) is 1.31. The van der Waals surface area contributed by atoms with Crippen LogP contribution < -0.4 is 6.15 Å². The number of hydrogen-bond donors (Lipinski definition) is 3. The van der Waals surface area contributed by atoms with Crippen LogP contribution in [-0.2, 0) is 10.1 Å². The van der Waals surface area contributed by atoms with Crippen molar-refractivity contribution in [2.24, 2.45) is 0 Å². The van der Waals surface area contributed by atoms with Gasteiger partial charge in [0.2, 0.25) is 0 Å². The first-order valence-electron chi connectivity index (χ1n) is 2.55. The monoisotopic (exact) mass is 187 g/mol. The molecule has 0 bridgehead atoms. The quantitative estimate of drug-likeness (QED) is 0.449. The molecule has 1 atom stereocenters. The molecule has 0 heterocycles. The molecular formula is C4H13NO3S2. The predicted octanol–water partition coefficient (Wildman–Crippen LogP) is 0.745. The van der Waals surface area contributed by atoms with Gasteiger partial charge in [-0.05, 0) is 19.1 Å². The van der Waals surface area contributed by atoms with E-state index in [9.17, 15) is 8.42 Å². The lowest BCUT2D eigenvalue weighted by Crippen LogP contribution is -2.16. The second kappa shape index (κ2) is 4.95. The van der Waals surface area contributed by atoms with Gasteiger partial charge >= 0.3 is 0 Å². The summed E-state index contributed by atoms with van der Waals surface area (Å²) >= 11 is 3.82. The maximum atomic E-state index is 10.2. The lowest BCUT2D eigenvalue weighted by molar-refractivity contribution is 0.469. The highest BCUT2D eigenvalue weighted by Crippen LogP contribution is 2.02. The van der Waals surface area contributed by atoms with E-state index < -0.39 is 15.4 Å². The minimum Gasteiger partial charge on any atom is -0.344 e. The summed E-state index contributed by atoms with van der Waals surface area (Å²) in [7, 11) is -3.81. The average molecular weight is 187 g/mol. The van der Waals surface area contributed by atoms with Gasteiger partial charge in [-0.1, -0.05) is 0 Å². The molecule has 0 amide bonds. The van der Waals surface area contributed by atoms with Gasteiger partial charge in [-0.15, -0.1) is 0 Å². The van der Waals surface area contributed by atoms with E-state index in [4.69, 9.17) is 4.55 Å². The highest BCUT2D eigenvalue weighted by molar-refractivity contribution is 7.86. The van der Waals surface area contributed by atoms with Crippen LogP contribution in [0.3, 0.4) is 0 Å². The molecule has 4 nitrogen and oxygen atoms in total. The Morgan fingerprint density at radius 2 is 2.00 bits per heavy atom. The van der Waals surface area contributed by atoms with Crippen LogP contribution in [0, 0.1) is 0 Å². The van der Waals surface area contributed by atoms with E-state index >= 15 is 0 Å². The molecule has 0 radical (unpaired) electrons. The van der Waals surface area contributed by atoms with Crippen molar-refractivity contribution < 1.29 is 13.0 Å². The largest absolute Gasteiger partial charge is 0.344 e. The van der Waals surface area contributed by atoms with E-state index in [0.29, 0.717) is 12.2 Å². The Bertz CT molecular complexity index is 165. The van der Waals surface area contributed by atoms with Crippen molar-refractivity contribution in [2.45, 2.75) is 18.6 Å². The Morgan fingerprint density at radius 1 is 1.60 bits per heavy atom. The van der Waals surface area contributed by atoms with E-state index in [0.717, 1.165) is 0 Å². The summed E-state index contributed by atoms with van der Waals surface area (Å²) in [5, 5.41) is -0.685. The Balaban J connectivity index is 0. The maximum Gasteiger partial charge on any atom is 0.267 e. The summed E-state index contributed by atoms with van der Waals surface area (Å²) in [6.45, 7) is 1.45. The van der Waals surface area contributed by atoms with Crippen molar-refractivity contribution in [1.82, 2.24) is 6.15 Å². The molecule has 0 aliphatic rings. The molecule has 0 fully saturated rings. The summed E-state index contributed by atoms with van der Waals surface area (Å²) in [6, 6.07) is 0. The Labute approximate surface area is 66.8 Å². The van der Waals surface area contributed by atoms with Crippen molar-refractivity contribution in [3.63, 3.8) is 0 Å². The molecule has 0 aromatic carbocycles. The van der Waals surface area contributed by atoms with E-state index in [1.807, 2.05) is 0 Å². The summed E-state index contributed by atoms with van der Waals surface area (Å²) in [5.41, 5.74) is 0. The standard InChI is InChI=1S/C4H10O3S2.H3N/c1-4(2-3-8)9(5,6)7;/h4,8H,2-3H2,1H3,(H,5,6,7);1H3. The Morgan fingerprint density at radius 3 is 2.10 bits per heavy atom. The molecule has 0 aliphatic carbocycles. The van der Waals surface area contributed by atoms with Gasteiger partial charge in [0.05, 0.1) is 5.25 Å². The maximum absolute atomic E-state index is 10.2. The normalized spacial score (nSPS) is 13.9. The van der Waals surface area contributed by atoms with Gasteiger partial charge in [-0.2, -0.15) is 21.0 Å². The van der Waals surface area contributed by atoms with Gasteiger partial charge in [0, 0.05) is 0 Å². The highest BCUT2D eigenvalue weighted by atomic mass is 32.2. The van der Waals surface area contributed by atoms with Crippen molar-refractivity contribution in [2.75, 3.05) is 5.75 Å². The minimum absolute atomic E-state index is 0. The zero-order valence-corrected chi connectivity index (χ0v) is 7.53. The Hall–Kier alpha value is 0.220. The molecule has 0 saturated heterocycles. The smallest absolute Gasteiger partial charge is 0.267 e. The van der Waals surface area contributed by atoms with Crippen LogP contribution in [0.4, 0.5) is 0 Å². The third-order valence-electron chi connectivity index (χ3n) is 1.04. The van der Waals surface area contributed by atoms with Crippen LogP contribution in [0.15, 0.2) is 0 Å². The van der Waals surface area contributed by atoms with E-state index in [1.54, 1.807) is 0 Å². The molecule has 6 heteroatoms. The minimum atomic E-state index is -3.81. The van der Waals surface area contributed by atoms with Crippen LogP contribution >= 0.6 is 12.6 Å². The van der Waals surface area contributed by atoms with Crippen LogP contribution in [0.1, 0.15) is 13.3 Å². The highest BCUT2D eigenvalue weighted by Gasteiger charge is 2.14. The molecule has 1 unspecified atom stereocenters. The first kappa shape index (κ1) is 12.9. The zero-order valence-electron chi connectivity index (χ0n) is 5.82. The number of rotatable bonds is 3. The fourth-order valence-electron chi connectivity index (χ4n) is 0.331. The third-order valence-corrected chi connectivity index (χ3v) is 2.55. The summed E-state index contributed by atoms with van der Waals surface area (Å²) in [6.07, 6.45) is 0.391. The molecule has 64 valence electrons. The van der Waals surface area contributed by atoms with Crippen LogP contribution in [-0.4, -0.2) is 24.0 Å². The summed E-state index contributed by atoms with van der Waals surface area (Å²) in [4.78, 5) is 0. The van der Waals surface area contributed by atoms with E-state index in [1.165, 1.54) is 6.92 Å². The first-order chi connectivity index (χ1) is 3.98. The SMILES string of the molecule is CC(CCS)S(=O)(=O)O.N. The average Bonchev–Trinajstić information content (AvgIpc) is 1.64. The van der Waals surface area contributed by atoms with Crippen LogP contribution in [0.25, 0.3) is 0 Å². The number of thiol groups is 1. The molecule has 0 aromatic heterocycles. The molecule has 0 aliphatic heterocycles. The molecule has 10 heavy (non-hydrogen) atoms. The van der Waals surface area contributed by atoms with Crippen LogP contribution in [0.5, 0.6) is 0 Å². The molecule has 0 spiro atoms. The first-order valence-corrected chi connectivity index (χ1v) is 4.69. The topological polar surface area (TPSA) is 89.4 Å².